The van der Waals surface area contributed by atoms with Crippen LogP contribution >= 0.6 is 0 Å². The van der Waals surface area contributed by atoms with Crippen LogP contribution in [0.3, 0.4) is 0 Å². The Morgan fingerprint density at radius 1 is 1.00 bits per heavy atom. The van der Waals surface area contributed by atoms with Gasteiger partial charge in [-0.2, -0.15) is 0 Å². The fraction of sp³-hybridized carbons (Fsp3) is 0.619. The predicted molar refractivity (Wildman–Crippen MR) is 101 cm³/mol. The molecule has 140 valence electrons. The Morgan fingerprint density at radius 2 is 1.69 bits per heavy atom. The fourth-order valence-electron chi connectivity index (χ4n) is 4.73. The molecule has 5 heteroatoms. The third kappa shape index (κ3) is 3.63. The molecular formula is C21H29N3O2. The van der Waals surface area contributed by atoms with Crippen LogP contribution in [-0.4, -0.2) is 53.8 Å². The number of amides is 2. The van der Waals surface area contributed by atoms with E-state index in [-0.39, 0.29) is 17.9 Å². The smallest absolute Gasteiger partial charge is 0.252 e. The van der Waals surface area contributed by atoms with E-state index in [1.54, 1.807) is 0 Å². The maximum atomic E-state index is 12.8. The van der Waals surface area contributed by atoms with E-state index in [4.69, 9.17) is 0 Å². The van der Waals surface area contributed by atoms with Crippen molar-refractivity contribution in [3.8, 4) is 0 Å². The van der Waals surface area contributed by atoms with Gasteiger partial charge in [-0.15, -0.1) is 0 Å². The third-order valence-electron chi connectivity index (χ3n) is 6.24. The van der Waals surface area contributed by atoms with Crippen LogP contribution in [0.25, 0.3) is 0 Å². The maximum Gasteiger partial charge on any atom is 0.252 e. The highest BCUT2D eigenvalue weighted by Crippen LogP contribution is 2.29. The van der Waals surface area contributed by atoms with Crippen molar-refractivity contribution in [2.24, 2.45) is 0 Å². The van der Waals surface area contributed by atoms with Crippen molar-refractivity contribution >= 4 is 11.8 Å². The molecule has 1 aromatic carbocycles. The van der Waals surface area contributed by atoms with Crippen molar-refractivity contribution in [3.63, 3.8) is 0 Å². The second-order valence-corrected chi connectivity index (χ2v) is 7.88. The van der Waals surface area contributed by atoms with E-state index in [1.807, 2.05) is 29.2 Å². The van der Waals surface area contributed by atoms with Gasteiger partial charge in [0.15, 0.2) is 0 Å². The average Bonchev–Trinajstić information content (AvgIpc) is 2.85. The number of piperidine rings is 1. The number of carbonyl (C=O) groups excluding carboxylic acids is 2. The Balaban J connectivity index is 1.31. The first-order chi connectivity index (χ1) is 12.7. The lowest BCUT2D eigenvalue weighted by Gasteiger charge is -2.38. The number of benzene rings is 1. The second-order valence-electron chi connectivity index (χ2n) is 7.88. The van der Waals surface area contributed by atoms with E-state index in [1.165, 1.54) is 38.8 Å². The van der Waals surface area contributed by atoms with Crippen LogP contribution < -0.4 is 5.32 Å². The van der Waals surface area contributed by atoms with Crippen LogP contribution in [0.4, 0.5) is 0 Å². The molecule has 3 heterocycles. The Bertz CT molecular complexity index is 659. The number of rotatable bonds is 3. The van der Waals surface area contributed by atoms with E-state index in [2.05, 4.69) is 10.2 Å². The first-order valence-electron chi connectivity index (χ1n) is 10.1. The molecule has 0 radical (unpaired) electrons. The fourth-order valence-corrected chi connectivity index (χ4v) is 4.73. The number of hydrogen-bond acceptors (Lipinski definition) is 3. The Morgan fingerprint density at radius 3 is 2.42 bits per heavy atom. The van der Waals surface area contributed by atoms with Gasteiger partial charge < -0.3 is 15.1 Å². The molecule has 1 aromatic rings. The highest BCUT2D eigenvalue weighted by Gasteiger charge is 2.32. The van der Waals surface area contributed by atoms with Crippen molar-refractivity contribution in [1.82, 2.24) is 15.1 Å². The summed E-state index contributed by atoms with van der Waals surface area (Å²) in [6.45, 7) is 4.15. The standard InChI is InChI=1S/C21H29N3O2/c25-20(15-19-17-7-3-4-8-18(17)21(26)22-19)24-13-9-16(10-14-24)23-11-5-1-2-6-12-23/h3-4,7-8,16,19H,1-2,5-6,9-15H2,(H,22,26). The van der Waals surface area contributed by atoms with Crippen LogP contribution in [-0.2, 0) is 4.79 Å². The van der Waals surface area contributed by atoms with Crippen LogP contribution in [0.15, 0.2) is 24.3 Å². The quantitative estimate of drug-likeness (QED) is 0.907. The first kappa shape index (κ1) is 17.5. The lowest BCUT2D eigenvalue weighted by molar-refractivity contribution is -0.133. The van der Waals surface area contributed by atoms with Gasteiger partial charge in [0.05, 0.1) is 12.5 Å². The molecule has 0 spiro atoms. The molecule has 3 aliphatic rings. The van der Waals surface area contributed by atoms with Gasteiger partial charge in [0.25, 0.3) is 5.91 Å². The molecule has 2 amide bonds. The van der Waals surface area contributed by atoms with Gasteiger partial charge in [-0.05, 0) is 50.4 Å². The SMILES string of the molecule is O=C1NC(CC(=O)N2CCC(N3CCCCCC3)CC2)c2ccccc21. The number of fused-ring (bicyclic) bond motifs is 1. The number of hydrogen-bond donors (Lipinski definition) is 1. The summed E-state index contributed by atoms with van der Waals surface area (Å²) in [5.74, 6) is 0.111. The molecule has 0 aromatic heterocycles. The monoisotopic (exact) mass is 355 g/mol. The molecule has 4 rings (SSSR count). The average molecular weight is 355 g/mol. The van der Waals surface area contributed by atoms with Crippen LogP contribution in [0, 0.1) is 0 Å². The maximum absolute atomic E-state index is 12.8. The molecule has 0 saturated carbocycles. The summed E-state index contributed by atoms with van der Waals surface area (Å²) < 4.78 is 0. The van der Waals surface area contributed by atoms with Crippen molar-refractivity contribution in [2.45, 2.75) is 57.0 Å². The molecule has 0 bridgehead atoms. The van der Waals surface area contributed by atoms with Gasteiger partial charge in [-0.3, -0.25) is 9.59 Å². The van der Waals surface area contributed by atoms with E-state index in [0.29, 0.717) is 18.0 Å². The molecule has 2 saturated heterocycles. The summed E-state index contributed by atoms with van der Waals surface area (Å²) >= 11 is 0. The predicted octanol–water partition coefficient (Wildman–Crippen LogP) is 2.73. The Labute approximate surface area is 155 Å². The van der Waals surface area contributed by atoms with E-state index >= 15 is 0 Å². The van der Waals surface area contributed by atoms with Crippen LogP contribution in [0.5, 0.6) is 0 Å². The summed E-state index contributed by atoms with van der Waals surface area (Å²) in [4.78, 5) is 29.5. The lowest BCUT2D eigenvalue weighted by atomic mass is 9.99. The minimum absolute atomic E-state index is 0.0572. The summed E-state index contributed by atoms with van der Waals surface area (Å²) in [5.41, 5.74) is 1.68. The topological polar surface area (TPSA) is 52.7 Å². The molecule has 5 nitrogen and oxygen atoms in total. The second kappa shape index (κ2) is 7.78. The summed E-state index contributed by atoms with van der Waals surface area (Å²) in [5, 5.41) is 2.96. The molecule has 1 atom stereocenters. The van der Waals surface area contributed by atoms with Crippen LogP contribution in [0.1, 0.15) is 66.9 Å². The Kier molecular flexibility index (Phi) is 5.25. The largest absolute Gasteiger partial charge is 0.345 e. The molecule has 1 unspecified atom stereocenters. The molecule has 3 aliphatic heterocycles. The molecule has 1 N–H and O–H groups in total. The van der Waals surface area contributed by atoms with Crippen molar-refractivity contribution in [3.05, 3.63) is 35.4 Å². The highest BCUT2D eigenvalue weighted by molar-refractivity contribution is 5.99. The van der Waals surface area contributed by atoms with Gasteiger partial charge in [-0.1, -0.05) is 31.0 Å². The first-order valence-corrected chi connectivity index (χ1v) is 10.1. The number of nitrogens with zero attached hydrogens (tertiary/aromatic N) is 2. The zero-order chi connectivity index (χ0) is 17.9. The number of carbonyl (C=O) groups is 2. The van der Waals surface area contributed by atoms with Crippen molar-refractivity contribution < 1.29 is 9.59 Å². The minimum atomic E-state index is -0.172. The third-order valence-corrected chi connectivity index (χ3v) is 6.24. The van der Waals surface area contributed by atoms with Gasteiger partial charge >= 0.3 is 0 Å². The Hall–Kier alpha value is -1.88. The molecular weight excluding hydrogens is 326 g/mol. The van der Waals surface area contributed by atoms with E-state index < -0.39 is 0 Å². The minimum Gasteiger partial charge on any atom is -0.345 e. The summed E-state index contributed by atoms with van der Waals surface area (Å²) in [7, 11) is 0. The normalized spacial score (nSPS) is 24.8. The van der Waals surface area contributed by atoms with Crippen LogP contribution in [0.2, 0.25) is 0 Å². The van der Waals surface area contributed by atoms with Gasteiger partial charge in [0.2, 0.25) is 5.91 Å². The van der Waals surface area contributed by atoms with E-state index in [0.717, 1.165) is 31.5 Å². The van der Waals surface area contributed by atoms with Crippen molar-refractivity contribution in [1.29, 1.82) is 0 Å². The van der Waals surface area contributed by atoms with E-state index in [9.17, 15) is 9.59 Å². The highest BCUT2D eigenvalue weighted by atomic mass is 16.2. The van der Waals surface area contributed by atoms with Crippen molar-refractivity contribution in [2.75, 3.05) is 26.2 Å². The lowest BCUT2D eigenvalue weighted by Crippen LogP contribution is -2.47. The summed E-state index contributed by atoms with van der Waals surface area (Å²) in [6, 6.07) is 8.07. The van der Waals surface area contributed by atoms with Gasteiger partial charge in [0.1, 0.15) is 0 Å². The molecule has 2 fully saturated rings. The molecule has 0 aliphatic carbocycles. The van der Waals surface area contributed by atoms with Gasteiger partial charge in [0, 0.05) is 24.7 Å². The number of nitrogens with one attached hydrogen (secondary N) is 1. The summed E-state index contributed by atoms with van der Waals surface area (Å²) in [6.07, 6.45) is 7.90. The zero-order valence-corrected chi connectivity index (χ0v) is 15.5. The zero-order valence-electron chi connectivity index (χ0n) is 15.5. The molecule has 26 heavy (non-hydrogen) atoms. The number of likely N-dealkylation sites (tertiary alicyclic amines) is 2. The van der Waals surface area contributed by atoms with Gasteiger partial charge in [-0.25, -0.2) is 0 Å².